The van der Waals surface area contributed by atoms with Crippen LogP contribution in [0.5, 0.6) is 0 Å². The van der Waals surface area contributed by atoms with Gasteiger partial charge >= 0.3 is 0 Å². The van der Waals surface area contributed by atoms with Crippen LogP contribution in [-0.2, 0) is 13.6 Å². The van der Waals surface area contributed by atoms with Crippen LogP contribution in [0.3, 0.4) is 0 Å². The lowest BCUT2D eigenvalue weighted by Gasteiger charge is -2.16. The second-order valence-corrected chi connectivity index (χ2v) is 3.26. The van der Waals surface area contributed by atoms with Crippen molar-refractivity contribution in [2.45, 2.75) is 19.9 Å². The van der Waals surface area contributed by atoms with Crippen LogP contribution >= 0.6 is 0 Å². The van der Waals surface area contributed by atoms with Crippen molar-refractivity contribution in [2.24, 2.45) is 7.05 Å². The lowest BCUT2D eigenvalue weighted by atomic mass is 10.3. The second-order valence-electron chi connectivity index (χ2n) is 3.26. The molecule has 0 unspecified atom stereocenters. The van der Waals surface area contributed by atoms with Gasteiger partial charge in [0.2, 0.25) is 0 Å². The zero-order chi connectivity index (χ0) is 10.4. The number of aryl methyl sites for hydroxylation is 1. The summed E-state index contributed by atoms with van der Waals surface area (Å²) < 4.78 is 1.80. The smallest absolute Gasteiger partial charge is 0.0764 e. The van der Waals surface area contributed by atoms with Gasteiger partial charge in [0.05, 0.1) is 11.8 Å². The van der Waals surface area contributed by atoms with E-state index in [1.165, 1.54) is 0 Å². The van der Waals surface area contributed by atoms with Crippen molar-refractivity contribution >= 4 is 0 Å². The molecule has 0 saturated carbocycles. The van der Waals surface area contributed by atoms with Crippen molar-refractivity contribution in [2.75, 3.05) is 13.1 Å². The van der Waals surface area contributed by atoms with E-state index in [-0.39, 0.29) is 0 Å². The Morgan fingerprint density at radius 3 is 2.93 bits per heavy atom. The molecule has 76 valence electrons. The largest absolute Gasteiger partial charge is 0.297 e. The van der Waals surface area contributed by atoms with Crippen LogP contribution in [0.25, 0.3) is 0 Å². The van der Waals surface area contributed by atoms with Crippen molar-refractivity contribution in [1.82, 2.24) is 14.7 Å². The Labute approximate surface area is 84.7 Å². The maximum Gasteiger partial charge on any atom is 0.0764 e. The molecule has 14 heavy (non-hydrogen) atoms. The van der Waals surface area contributed by atoms with Gasteiger partial charge in [0.1, 0.15) is 0 Å². The monoisotopic (exact) mass is 192 g/mol. The number of hydrogen-bond acceptors (Lipinski definition) is 3. The molecule has 0 radical (unpaired) electrons. The molecule has 0 fully saturated rings. The third-order valence-corrected chi connectivity index (χ3v) is 2.14. The van der Waals surface area contributed by atoms with Crippen molar-refractivity contribution in [3.63, 3.8) is 0 Å². The lowest BCUT2D eigenvalue weighted by molar-refractivity contribution is 0.282. The van der Waals surface area contributed by atoms with Crippen LogP contribution in [0.1, 0.15) is 19.0 Å². The highest BCUT2D eigenvalue weighted by Crippen LogP contribution is 2.01. The highest BCUT2D eigenvalue weighted by atomic mass is 15.3. The first-order chi connectivity index (χ1) is 6.76. The minimum absolute atomic E-state index is 0.584. The Morgan fingerprint density at radius 1 is 1.64 bits per heavy atom. The molecule has 4 nitrogen and oxygen atoms in total. The lowest BCUT2D eigenvalue weighted by Crippen LogP contribution is -2.24. The summed E-state index contributed by atoms with van der Waals surface area (Å²) in [5.41, 5.74) is 1.06. The predicted molar refractivity (Wildman–Crippen MR) is 54.4 cm³/mol. The van der Waals surface area contributed by atoms with Gasteiger partial charge in [-0.1, -0.05) is 6.92 Å². The fraction of sp³-hybridized carbons (Fsp3) is 0.600. The molecule has 1 heterocycles. The summed E-state index contributed by atoms with van der Waals surface area (Å²) in [4.78, 5) is 2.21. The summed E-state index contributed by atoms with van der Waals surface area (Å²) in [6.07, 6.45) is 2.52. The molecule has 0 spiro atoms. The third kappa shape index (κ3) is 3.19. The van der Waals surface area contributed by atoms with Gasteiger partial charge in [-0.05, 0) is 12.6 Å². The molecule has 0 aliphatic heterocycles. The van der Waals surface area contributed by atoms with E-state index in [9.17, 15) is 0 Å². The summed E-state index contributed by atoms with van der Waals surface area (Å²) in [7, 11) is 1.91. The van der Waals surface area contributed by atoms with Gasteiger partial charge in [-0.2, -0.15) is 10.4 Å². The Kier molecular flexibility index (Phi) is 4.14. The molecule has 4 heteroatoms. The van der Waals surface area contributed by atoms with E-state index < -0.39 is 0 Å². The zero-order valence-electron chi connectivity index (χ0n) is 8.77. The molecule has 0 atom stereocenters. The van der Waals surface area contributed by atoms with Gasteiger partial charge in [-0.15, -0.1) is 0 Å². The highest BCUT2D eigenvalue weighted by Gasteiger charge is 2.04. The molecule has 1 aromatic heterocycles. The number of aromatic nitrogens is 2. The number of rotatable bonds is 5. The third-order valence-electron chi connectivity index (χ3n) is 2.14. The first-order valence-corrected chi connectivity index (χ1v) is 4.84. The first-order valence-electron chi connectivity index (χ1n) is 4.84. The molecule has 0 aliphatic rings. The molecule has 0 aromatic carbocycles. The average Bonchev–Trinajstić information content (AvgIpc) is 2.58. The van der Waals surface area contributed by atoms with Crippen LogP contribution in [0.2, 0.25) is 0 Å². The topological polar surface area (TPSA) is 44.9 Å². The molecular formula is C10H16N4. The van der Waals surface area contributed by atoms with Gasteiger partial charge in [-0.25, -0.2) is 0 Å². The number of nitrogens with zero attached hydrogens (tertiary/aromatic N) is 4. The van der Waals surface area contributed by atoms with Gasteiger partial charge in [-0.3, -0.25) is 9.58 Å². The fourth-order valence-electron chi connectivity index (χ4n) is 1.33. The molecule has 1 rings (SSSR count). The Bertz CT molecular complexity index is 310. The normalized spacial score (nSPS) is 10.4. The molecule has 1 aromatic rings. The van der Waals surface area contributed by atoms with Crippen LogP contribution < -0.4 is 0 Å². The summed E-state index contributed by atoms with van der Waals surface area (Å²) in [5.74, 6) is 0. The van der Waals surface area contributed by atoms with Crippen LogP contribution in [0.4, 0.5) is 0 Å². The minimum Gasteiger partial charge on any atom is -0.297 e. The zero-order valence-corrected chi connectivity index (χ0v) is 8.77. The Morgan fingerprint density at radius 2 is 2.43 bits per heavy atom. The predicted octanol–water partition coefficient (Wildman–Crippen LogP) is 1.16. The second kappa shape index (κ2) is 5.40. The standard InChI is InChI=1S/C10H16N4/c1-3-14(7-4-6-11)9-10-5-8-13(2)12-10/h5,8H,3-4,7,9H2,1-2H3. The van der Waals surface area contributed by atoms with Gasteiger partial charge < -0.3 is 0 Å². The average molecular weight is 192 g/mol. The van der Waals surface area contributed by atoms with Crippen molar-refractivity contribution in [3.05, 3.63) is 18.0 Å². The van der Waals surface area contributed by atoms with Crippen LogP contribution in [0, 0.1) is 11.3 Å². The van der Waals surface area contributed by atoms with E-state index in [1.54, 1.807) is 4.68 Å². The molecule has 0 aliphatic carbocycles. The number of hydrogen-bond donors (Lipinski definition) is 0. The van der Waals surface area contributed by atoms with E-state index in [1.807, 2.05) is 19.3 Å². The summed E-state index contributed by atoms with van der Waals surface area (Å²) >= 11 is 0. The molecule has 0 saturated heterocycles. The fourth-order valence-corrected chi connectivity index (χ4v) is 1.33. The quantitative estimate of drug-likeness (QED) is 0.703. The maximum atomic E-state index is 8.48. The van der Waals surface area contributed by atoms with Crippen molar-refractivity contribution in [1.29, 1.82) is 5.26 Å². The minimum atomic E-state index is 0.584. The first kappa shape index (κ1) is 10.7. The summed E-state index contributed by atoms with van der Waals surface area (Å²) in [6.45, 7) is 4.71. The van der Waals surface area contributed by atoms with E-state index in [0.717, 1.165) is 25.3 Å². The molecule has 0 bridgehead atoms. The molecule has 0 amide bonds. The van der Waals surface area contributed by atoms with E-state index in [4.69, 9.17) is 5.26 Å². The summed E-state index contributed by atoms with van der Waals surface area (Å²) in [6, 6.07) is 4.17. The van der Waals surface area contributed by atoms with E-state index in [2.05, 4.69) is 23.0 Å². The Balaban J connectivity index is 2.44. The van der Waals surface area contributed by atoms with Gasteiger partial charge in [0.15, 0.2) is 0 Å². The number of nitriles is 1. The summed E-state index contributed by atoms with van der Waals surface area (Å²) in [5, 5.41) is 12.8. The SMILES string of the molecule is CCN(CCC#N)Cc1ccn(C)n1. The van der Waals surface area contributed by atoms with Crippen LogP contribution in [0.15, 0.2) is 12.3 Å². The van der Waals surface area contributed by atoms with Crippen LogP contribution in [-0.4, -0.2) is 27.8 Å². The molecular weight excluding hydrogens is 176 g/mol. The maximum absolute atomic E-state index is 8.48. The van der Waals surface area contributed by atoms with Gasteiger partial charge in [0, 0.05) is 32.8 Å². The highest BCUT2D eigenvalue weighted by molar-refractivity contribution is 4.98. The van der Waals surface area contributed by atoms with E-state index in [0.29, 0.717) is 6.42 Å². The van der Waals surface area contributed by atoms with Crippen molar-refractivity contribution < 1.29 is 0 Å². The van der Waals surface area contributed by atoms with Crippen molar-refractivity contribution in [3.8, 4) is 6.07 Å². The van der Waals surface area contributed by atoms with E-state index >= 15 is 0 Å². The molecule has 0 N–H and O–H groups in total. The van der Waals surface area contributed by atoms with Gasteiger partial charge in [0.25, 0.3) is 0 Å². The Hall–Kier alpha value is -1.34.